The minimum absolute atomic E-state index is 0. The molecule has 94 valence electrons. The molecule has 0 saturated carbocycles. The highest BCUT2D eigenvalue weighted by atomic mass is 35.5. The smallest absolute Gasteiger partial charge is 0.125 e. The second-order valence-corrected chi connectivity index (χ2v) is 4.53. The van der Waals surface area contributed by atoms with Crippen molar-refractivity contribution in [1.82, 2.24) is 5.32 Å². The van der Waals surface area contributed by atoms with Crippen LogP contribution in [-0.4, -0.2) is 20.2 Å². The van der Waals surface area contributed by atoms with Gasteiger partial charge in [0.1, 0.15) is 5.75 Å². The van der Waals surface area contributed by atoms with Gasteiger partial charge in [-0.05, 0) is 37.6 Å². The van der Waals surface area contributed by atoms with Gasteiger partial charge in [0.15, 0.2) is 0 Å². The van der Waals surface area contributed by atoms with Crippen LogP contribution in [-0.2, 0) is 16.9 Å². The first kappa shape index (κ1) is 12.7. The Bertz CT molecular complexity index is 397. The van der Waals surface area contributed by atoms with E-state index in [1.165, 1.54) is 11.1 Å². The van der Waals surface area contributed by atoms with E-state index >= 15 is 0 Å². The van der Waals surface area contributed by atoms with Crippen molar-refractivity contribution in [3.63, 3.8) is 0 Å². The molecule has 1 aromatic rings. The largest absolute Gasteiger partial charge is 0.496 e. The van der Waals surface area contributed by atoms with Crippen LogP contribution in [0.25, 0.3) is 0 Å². The van der Waals surface area contributed by atoms with Crippen LogP contribution in [0.3, 0.4) is 0 Å². The van der Waals surface area contributed by atoms with Crippen molar-refractivity contribution in [2.75, 3.05) is 20.2 Å². The number of nitrogens with one attached hydrogen (secondary N) is 1. The Morgan fingerprint density at radius 2 is 2.06 bits per heavy atom. The zero-order valence-electron chi connectivity index (χ0n) is 9.99. The molecule has 2 aliphatic rings. The molecule has 0 amide bonds. The number of hydrogen-bond acceptors (Lipinski definition) is 3. The minimum Gasteiger partial charge on any atom is -0.496 e. The summed E-state index contributed by atoms with van der Waals surface area (Å²) >= 11 is 0. The molecule has 17 heavy (non-hydrogen) atoms. The van der Waals surface area contributed by atoms with Crippen molar-refractivity contribution in [3.8, 4) is 5.75 Å². The van der Waals surface area contributed by atoms with Gasteiger partial charge in [0, 0.05) is 5.56 Å². The number of methoxy groups -OCH3 is 1. The fraction of sp³-hybridized carbons (Fsp3) is 0.538. The Morgan fingerprint density at radius 3 is 2.76 bits per heavy atom. The van der Waals surface area contributed by atoms with E-state index in [1.54, 1.807) is 7.11 Å². The molecule has 4 heteroatoms. The molecule has 0 unspecified atom stereocenters. The number of halogens is 1. The summed E-state index contributed by atoms with van der Waals surface area (Å²) in [7, 11) is 1.74. The van der Waals surface area contributed by atoms with Gasteiger partial charge >= 0.3 is 0 Å². The molecule has 3 rings (SSSR count). The Hall–Kier alpha value is -0.770. The van der Waals surface area contributed by atoms with E-state index < -0.39 is 0 Å². The van der Waals surface area contributed by atoms with Crippen LogP contribution >= 0.6 is 12.4 Å². The van der Waals surface area contributed by atoms with Crippen molar-refractivity contribution in [2.45, 2.75) is 25.0 Å². The quantitative estimate of drug-likeness (QED) is 0.835. The molecule has 1 N–H and O–H groups in total. The number of rotatable bonds is 1. The van der Waals surface area contributed by atoms with Gasteiger partial charge in [-0.2, -0.15) is 0 Å². The van der Waals surface area contributed by atoms with Gasteiger partial charge in [-0.3, -0.25) is 0 Å². The molecule has 1 spiro atoms. The minimum atomic E-state index is -0.0901. The average molecular weight is 256 g/mol. The van der Waals surface area contributed by atoms with Crippen molar-refractivity contribution in [1.29, 1.82) is 0 Å². The molecule has 0 bridgehead atoms. The predicted octanol–water partition coefficient (Wildman–Crippen LogP) is 2.23. The second-order valence-electron chi connectivity index (χ2n) is 4.53. The highest BCUT2D eigenvalue weighted by Crippen LogP contribution is 2.47. The summed E-state index contributed by atoms with van der Waals surface area (Å²) < 4.78 is 11.6. The SMILES string of the molecule is COc1cccc2c1C1(CCNCC1)OC2.Cl. The molecule has 2 aliphatic heterocycles. The molecule has 0 atom stereocenters. The molecule has 0 aromatic heterocycles. The maximum absolute atomic E-state index is 6.07. The van der Waals surface area contributed by atoms with Crippen LogP contribution in [0.4, 0.5) is 0 Å². The first-order valence-corrected chi connectivity index (χ1v) is 5.87. The zero-order chi connectivity index (χ0) is 11.0. The van der Waals surface area contributed by atoms with E-state index in [1.807, 2.05) is 12.1 Å². The Balaban J connectivity index is 0.00000108. The van der Waals surface area contributed by atoms with E-state index in [9.17, 15) is 0 Å². The summed E-state index contributed by atoms with van der Waals surface area (Å²) in [6, 6.07) is 6.23. The van der Waals surface area contributed by atoms with Gasteiger partial charge in [-0.15, -0.1) is 12.4 Å². The Labute approximate surface area is 108 Å². The van der Waals surface area contributed by atoms with Crippen LogP contribution in [0.15, 0.2) is 18.2 Å². The topological polar surface area (TPSA) is 30.5 Å². The Morgan fingerprint density at radius 1 is 1.29 bits per heavy atom. The maximum Gasteiger partial charge on any atom is 0.125 e. The Kier molecular flexibility index (Phi) is 3.61. The van der Waals surface area contributed by atoms with Gasteiger partial charge in [0.25, 0.3) is 0 Å². The summed E-state index contributed by atoms with van der Waals surface area (Å²) in [6.45, 7) is 2.78. The van der Waals surface area contributed by atoms with Crippen molar-refractivity contribution >= 4 is 12.4 Å². The van der Waals surface area contributed by atoms with E-state index in [-0.39, 0.29) is 18.0 Å². The van der Waals surface area contributed by atoms with Gasteiger partial charge in [-0.1, -0.05) is 12.1 Å². The second kappa shape index (κ2) is 4.84. The van der Waals surface area contributed by atoms with E-state index in [0.29, 0.717) is 0 Å². The monoisotopic (exact) mass is 255 g/mol. The normalized spacial score (nSPS) is 20.8. The summed E-state index contributed by atoms with van der Waals surface area (Å²) in [6.07, 6.45) is 2.08. The summed E-state index contributed by atoms with van der Waals surface area (Å²) in [4.78, 5) is 0. The third-order valence-corrected chi connectivity index (χ3v) is 3.70. The van der Waals surface area contributed by atoms with Gasteiger partial charge in [-0.25, -0.2) is 0 Å². The summed E-state index contributed by atoms with van der Waals surface area (Å²) in [5.41, 5.74) is 2.49. The van der Waals surface area contributed by atoms with Gasteiger partial charge in [0.05, 0.1) is 19.3 Å². The van der Waals surface area contributed by atoms with Crippen molar-refractivity contribution < 1.29 is 9.47 Å². The van der Waals surface area contributed by atoms with Crippen LogP contribution in [0, 0.1) is 0 Å². The van der Waals surface area contributed by atoms with E-state index in [4.69, 9.17) is 9.47 Å². The lowest BCUT2D eigenvalue weighted by Gasteiger charge is -2.34. The molecule has 1 fully saturated rings. The number of benzene rings is 1. The molecule has 0 aliphatic carbocycles. The highest BCUT2D eigenvalue weighted by molar-refractivity contribution is 5.85. The molecular weight excluding hydrogens is 238 g/mol. The highest BCUT2D eigenvalue weighted by Gasteiger charge is 2.43. The molecule has 3 nitrogen and oxygen atoms in total. The number of hydrogen-bond donors (Lipinski definition) is 1. The lowest BCUT2D eigenvalue weighted by atomic mass is 9.84. The van der Waals surface area contributed by atoms with Crippen LogP contribution < -0.4 is 10.1 Å². The fourth-order valence-corrected chi connectivity index (χ4v) is 2.90. The molecular formula is C13H18ClNO2. The van der Waals surface area contributed by atoms with E-state index in [0.717, 1.165) is 38.3 Å². The standard InChI is InChI=1S/C13H17NO2.ClH/c1-15-11-4-2-3-10-9-16-13(12(10)11)5-7-14-8-6-13;/h2-4,14H,5-9H2,1H3;1H. The summed E-state index contributed by atoms with van der Waals surface area (Å²) in [5.74, 6) is 0.983. The molecule has 2 heterocycles. The van der Waals surface area contributed by atoms with Crippen molar-refractivity contribution in [3.05, 3.63) is 29.3 Å². The first-order chi connectivity index (χ1) is 7.86. The average Bonchev–Trinajstić information content (AvgIpc) is 2.70. The fourth-order valence-electron chi connectivity index (χ4n) is 2.90. The van der Waals surface area contributed by atoms with Crippen LogP contribution in [0.2, 0.25) is 0 Å². The lowest BCUT2D eigenvalue weighted by molar-refractivity contribution is -0.0599. The molecule has 0 radical (unpaired) electrons. The first-order valence-electron chi connectivity index (χ1n) is 5.87. The van der Waals surface area contributed by atoms with Gasteiger partial charge in [0.2, 0.25) is 0 Å². The van der Waals surface area contributed by atoms with Crippen LogP contribution in [0.5, 0.6) is 5.75 Å². The van der Waals surface area contributed by atoms with Gasteiger partial charge < -0.3 is 14.8 Å². The van der Waals surface area contributed by atoms with Crippen LogP contribution in [0.1, 0.15) is 24.0 Å². The zero-order valence-corrected chi connectivity index (χ0v) is 10.8. The maximum atomic E-state index is 6.07. The number of ether oxygens (including phenoxy) is 2. The van der Waals surface area contributed by atoms with E-state index in [2.05, 4.69) is 11.4 Å². The molecule has 1 aromatic carbocycles. The predicted molar refractivity (Wildman–Crippen MR) is 68.8 cm³/mol. The number of piperidine rings is 1. The lowest BCUT2D eigenvalue weighted by Crippen LogP contribution is -2.39. The third kappa shape index (κ3) is 1.92. The van der Waals surface area contributed by atoms with Crippen molar-refractivity contribution in [2.24, 2.45) is 0 Å². The third-order valence-electron chi connectivity index (χ3n) is 3.70. The number of fused-ring (bicyclic) bond motifs is 2. The molecule has 1 saturated heterocycles. The summed E-state index contributed by atoms with van der Waals surface area (Å²) in [5, 5.41) is 3.38.